The molecule has 4 aromatic rings. The number of benzene rings is 2. The summed E-state index contributed by atoms with van der Waals surface area (Å²) < 4.78 is 12.4. The Hall–Kier alpha value is -3.36. The first-order chi connectivity index (χ1) is 16.3. The molecule has 0 bridgehead atoms. The first kappa shape index (κ1) is 23.8. The van der Waals surface area contributed by atoms with E-state index < -0.39 is 0 Å². The lowest BCUT2D eigenvalue weighted by Gasteiger charge is -2.17. The van der Waals surface area contributed by atoms with Crippen LogP contribution in [0.3, 0.4) is 0 Å². The van der Waals surface area contributed by atoms with Crippen molar-refractivity contribution >= 4 is 28.1 Å². The van der Waals surface area contributed by atoms with Crippen molar-refractivity contribution in [1.29, 1.82) is 0 Å². The third-order valence-corrected chi connectivity index (χ3v) is 7.09. The van der Waals surface area contributed by atoms with Crippen LogP contribution >= 0.6 is 11.3 Å². The van der Waals surface area contributed by atoms with Gasteiger partial charge in [0.25, 0.3) is 0 Å². The molecule has 178 valence electrons. The molecule has 34 heavy (non-hydrogen) atoms. The van der Waals surface area contributed by atoms with E-state index in [9.17, 15) is 4.79 Å². The zero-order valence-corrected chi connectivity index (χ0v) is 21.2. The Bertz CT molecular complexity index is 1380. The van der Waals surface area contributed by atoms with Crippen LogP contribution in [0.1, 0.15) is 23.4 Å². The molecule has 2 aromatic heterocycles. The molecule has 2 aromatic carbocycles. The van der Waals surface area contributed by atoms with Gasteiger partial charge in [0.15, 0.2) is 11.5 Å². The van der Waals surface area contributed by atoms with Gasteiger partial charge in [-0.2, -0.15) is 4.98 Å². The molecule has 0 fully saturated rings. The number of nitrogens with zero attached hydrogens (tertiary/aromatic N) is 3. The van der Waals surface area contributed by atoms with E-state index in [0.29, 0.717) is 17.3 Å². The van der Waals surface area contributed by atoms with Crippen LogP contribution < -0.4 is 20.5 Å². The summed E-state index contributed by atoms with van der Waals surface area (Å²) in [6.45, 7) is 2.96. The van der Waals surface area contributed by atoms with Gasteiger partial charge in [0.05, 0.1) is 25.8 Å². The van der Waals surface area contributed by atoms with E-state index in [1.54, 1.807) is 38.7 Å². The molecule has 8 heteroatoms. The summed E-state index contributed by atoms with van der Waals surface area (Å²) in [4.78, 5) is 21.4. The second-order valence-electron chi connectivity index (χ2n) is 8.49. The molecule has 0 aliphatic rings. The van der Waals surface area contributed by atoms with Crippen LogP contribution in [0, 0.1) is 0 Å². The highest BCUT2D eigenvalue weighted by Crippen LogP contribution is 2.37. The summed E-state index contributed by atoms with van der Waals surface area (Å²) in [6, 6.07) is 16.4. The van der Waals surface area contributed by atoms with Gasteiger partial charge in [-0.15, -0.1) is 11.3 Å². The molecule has 0 amide bonds. The fourth-order valence-electron chi connectivity index (χ4n) is 4.03. The Morgan fingerprint density at radius 1 is 1.09 bits per heavy atom. The summed E-state index contributed by atoms with van der Waals surface area (Å²) in [5, 5.41) is 4.24. The predicted octanol–water partition coefficient (Wildman–Crippen LogP) is 4.91. The van der Waals surface area contributed by atoms with E-state index in [4.69, 9.17) is 9.47 Å². The van der Waals surface area contributed by atoms with Crippen molar-refractivity contribution in [3.05, 3.63) is 69.5 Å². The lowest BCUT2D eigenvalue weighted by atomic mass is 10.1. The Kier molecular flexibility index (Phi) is 6.90. The molecular weight excluding hydrogens is 448 g/mol. The molecule has 0 radical (unpaired) electrons. The van der Waals surface area contributed by atoms with E-state index in [1.165, 1.54) is 20.6 Å². The third kappa shape index (κ3) is 4.64. The second kappa shape index (κ2) is 9.87. The van der Waals surface area contributed by atoms with Crippen LogP contribution in [0.25, 0.3) is 21.3 Å². The maximum Gasteiger partial charge on any atom is 0.349 e. The lowest BCUT2D eigenvalue weighted by molar-refractivity contribution is 0.355. The Morgan fingerprint density at radius 3 is 2.50 bits per heavy atom. The van der Waals surface area contributed by atoms with Crippen molar-refractivity contribution in [3.63, 3.8) is 0 Å². The zero-order valence-electron chi connectivity index (χ0n) is 20.4. The minimum Gasteiger partial charge on any atom is -0.493 e. The molecule has 1 N–H and O–H groups in total. The van der Waals surface area contributed by atoms with E-state index in [-0.39, 0.29) is 11.7 Å². The molecule has 1 atom stereocenters. The highest BCUT2D eigenvalue weighted by atomic mass is 32.1. The number of aryl methyl sites for hydroxylation is 1. The Labute approximate surface area is 203 Å². The smallest absolute Gasteiger partial charge is 0.349 e. The van der Waals surface area contributed by atoms with Crippen LogP contribution in [0.4, 0.5) is 5.82 Å². The monoisotopic (exact) mass is 478 g/mol. The third-order valence-electron chi connectivity index (χ3n) is 5.79. The van der Waals surface area contributed by atoms with Crippen LogP contribution in [0.2, 0.25) is 0 Å². The van der Waals surface area contributed by atoms with Gasteiger partial charge in [0.1, 0.15) is 5.82 Å². The van der Waals surface area contributed by atoms with Crippen LogP contribution in [0.5, 0.6) is 11.5 Å². The van der Waals surface area contributed by atoms with Crippen LogP contribution in [-0.4, -0.2) is 42.8 Å². The standard InChI is InChI=1S/C26H30N4O3S/c1-16(23-11-12-24(34-23)18-10-8-7-9-17(18)15-29(2)3)27-25-19-13-21(32-5)22(33-6)14-20(19)30(4)26(31)28-25/h7-14,16H,15H2,1-6H3,(H,27,28,31). The van der Waals surface area contributed by atoms with Crippen LogP contribution in [0.15, 0.2) is 53.3 Å². The number of nitrogens with one attached hydrogen (secondary N) is 1. The molecular formula is C26H30N4O3S. The van der Waals surface area contributed by atoms with Gasteiger partial charge in [-0.05, 0) is 50.3 Å². The van der Waals surface area contributed by atoms with Crippen molar-refractivity contribution in [2.45, 2.75) is 19.5 Å². The lowest BCUT2D eigenvalue weighted by Crippen LogP contribution is -2.23. The van der Waals surface area contributed by atoms with Gasteiger partial charge in [0.2, 0.25) is 0 Å². The molecule has 0 saturated heterocycles. The number of anilines is 1. The number of methoxy groups -OCH3 is 2. The van der Waals surface area contributed by atoms with Crippen LogP contribution in [-0.2, 0) is 13.6 Å². The summed E-state index contributed by atoms with van der Waals surface area (Å²) >= 11 is 1.74. The normalized spacial score (nSPS) is 12.2. The number of hydrogen-bond acceptors (Lipinski definition) is 7. The summed E-state index contributed by atoms with van der Waals surface area (Å²) in [7, 11) is 9.03. The highest BCUT2D eigenvalue weighted by molar-refractivity contribution is 7.15. The maximum absolute atomic E-state index is 12.6. The molecule has 4 rings (SSSR count). The van der Waals surface area contributed by atoms with Gasteiger partial charge >= 0.3 is 5.69 Å². The van der Waals surface area contributed by atoms with Crippen molar-refractivity contribution in [2.75, 3.05) is 33.6 Å². The van der Waals surface area contributed by atoms with Crippen molar-refractivity contribution < 1.29 is 9.47 Å². The van der Waals surface area contributed by atoms with Crippen molar-refractivity contribution in [2.24, 2.45) is 7.05 Å². The van der Waals surface area contributed by atoms with Gasteiger partial charge in [0, 0.05) is 34.8 Å². The number of thiophene rings is 1. The van der Waals surface area contributed by atoms with E-state index in [1.807, 2.05) is 6.07 Å². The molecule has 1 unspecified atom stereocenters. The van der Waals surface area contributed by atoms with Gasteiger partial charge in [-0.25, -0.2) is 4.79 Å². The average Bonchev–Trinajstić information content (AvgIpc) is 3.31. The van der Waals surface area contributed by atoms with Crippen molar-refractivity contribution in [3.8, 4) is 21.9 Å². The van der Waals surface area contributed by atoms with Crippen molar-refractivity contribution in [1.82, 2.24) is 14.5 Å². The number of fused-ring (bicyclic) bond motifs is 1. The summed E-state index contributed by atoms with van der Waals surface area (Å²) in [6.07, 6.45) is 0. The fourth-order valence-corrected chi connectivity index (χ4v) is 5.10. The zero-order chi connectivity index (χ0) is 24.4. The predicted molar refractivity (Wildman–Crippen MR) is 139 cm³/mol. The minimum atomic E-state index is -0.334. The second-order valence-corrected chi connectivity index (χ2v) is 9.60. The number of aromatic nitrogens is 2. The highest BCUT2D eigenvalue weighted by Gasteiger charge is 2.17. The van der Waals surface area contributed by atoms with Gasteiger partial charge in [-0.3, -0.25) is 4.57 Å². The largest absolute Gasteiger partial charge is 0.493 e. The van der Waals surface area contributed by atoms with E-state index in [2.05, 4.69) is 72.6 Å². The van der Waals surface area contributed by atoms with Gasteiger partial charge < -0.3 is 19.7 Å². The molecule has 0 saturated carbocycles. The Balaban J connectivity index is 1.69. The first-order valence-corrected chi connectivity index (χ1v) is 11.9. The number of ether oxygens (including phenoxy) is 2. The quantitative estimate of drug-likeness (QED) is 0.388. The fraction of sp³-hybridized carbons (Fsp3) is 0.308. The van der Waals surface area contributed by atoms with E-state index in [0.717, 1.165) is 22.3 Å². The summed E-state index contributed by atoms with van der Waals surface area (Å²) in [5.41, 5.74) is 2.92. The number of rotatable bonds is 8. The SMILES string of the molecule is COc1cc2c(NC(C)c3ccc(-c4ccccc4CN(C)C)s3)nc(=O)n(C)c2cc1OC. The topological polar surface area (TPSA) is 68.6 Å². The average molecular weight is 479 g/mol. The summed E-state index contributed by atoms with van der Waals surface area (Å²) in [5.74, 6) is 1.67. The molecule has 0 aliphatic heterocycles. The number of hydrogen-bond donors (Lipinski definition) is 1. The maximum atomic E-state index is 12.6. The Morgan fingerprint density at radius 2 is 1.79 bits per heavy atom. The molecule has 7 nitrogen and oxygen atoms in total. The van der Waals surface area contributed by atoms with E-state index >= 15 is 0 Å². The minimum absolute atomic E-state index is 0.0457. The molecule has 0 aliphatic carbocycles. The van der Waals surface area contributed by atoms with Gasteiger partial charge in [-0.1, -0.05) is 24.3 Å². The first-order valence-electron chi connectivity index (χ1n) is 11.0. The molecule has 2 heterocycles. The molecule has 0 spiro atoms.